The number of hydrogen-bond acceptors (Lipinski definition) is 2. The Morgan fingerprint density at radius 3 is 2.79 bits per heavy atom. The fourth-order valence-corrected chi connectivity index (χ4v) is 3.55. The van der Waals surface area contributed by atoms with Crippen molar-refractivity contribution in [2.75, 3.05) is 18.1 Å². The third-order valence-electron chi connectivity index (χ3n) is 2.59. The first-order chi connectivity index (χ1) is 6.52. The lowest BCUT2D eigenvalue weighted by molar-refractivity contribution is 0.189. The second-order valence-corrected chi connectivity index (χ2v) is 6.24. The van der Waals surface area contributed by atoms with Crippen molar-refractivity contribution < 1.29 is 8.95 Å². The highest BCUT2D eigenvalue weighted by atomic mass is 32.2. The molecule has 14 heavy (non-hydrogen) atoms. The summed E-state index contributed by atoms with van der Waals surface area (Å²) < 4.78 is 16.7. The molecule has 1 aliphatic heterocycles. The molecule has 0 aliphatic carbocycles. The highest BCUT2D eigenvalue weighted by molar-refractivity contribution is 7.85. The van der Waals surface area contributed by atoms with Crippen molar-refractivity contribution in [1.29, 1.82) is 0 Å². The van der Waals surface area contributed by atoms with Crippen LogP contribution in [0.5, 0.6) is 0 Å². The fourth-order valence-electron chi connectivity index (χ4n) is 1.62. The smallest absolute Gasteiger partial charge is 0.0878 e. The second kappa shape index (κ2) is 4.96. The minimum atomic E-state index is -0.577. The quantitative estimate of drug-likeness (QED) is 0.533. The Hall–Kier alpha value is -0.310. The van der Waals surface area contributed by atoms with Gasteiger partial charge in [0, 0.05) is 22.3 Å². The zero-order chi connectivity index (χ0) is 10.6. The highest BCUT2D eigenvalue weighted by Crippen LogP contribution is 2.33. The average molecular weight is 216 g/mol. The van der Waals surface area contributed by atoms with Gasteiger partial charge in [0.25, 0.3) is 0 Å². The van der Waals surface area contributed by atoms with E-state index in [1.807, 2.05) is 13.8 Å². The maximum atomic E-state index is 11.3. The fraction of sp³-hybridized carbons (Fsp3) is 0.818. The predicted molar refractivity (Wildman–Crippen MR) is 60.6 cm³/mol. The van der Waals surface area contributed by atoms with Gasteiger partial charge in [-0.2, -0.15) is 0 Å². The van der Waals surface area contributed by atoms with E-state index in [2.05, 4.69) is 6.92 Å². The molecule has 0 bridgehead atoms. The molecule has 0 saturated carbocycles. The summed E-state index contributed by atoms with van der Waals surface area (Å²) in [7, 11) is -0.577. The lowest BCUT2D eigenvalue weighted by Crippen LogP contribution is -2.18. The van der Waals surface area contributed by atoms with Crippen LogP contribution >= 0.6 is 0 Å². The van der Waals surface area contributed by atoms with E-state index in [1.54, 1.807) is 6.26 Å². The van der Waals surface area contributed by atoms with Gasteiger partial charge in [-0.1, -0.05) is 6.92 Å². The van der Waals surface area contributed by atoms with Crippen molar-refractivity contribution in [2.45, 2.75) is 33.6 Å². The topological polar surface area (TPSA) is 26.3 Å². The van der Waals surface area contributed by atoms with Crippen LogP contribution in [0.3, 0.4) is 0 Å². The molecule has 0 amide bonds. The van der Waals surface area contributed by atoms with Crippen molar-refractivity contribution >= 4 is 10.8 Å². The van der Waals surface area contributed by atoms with E-state index in [0.717, 1.165) is 31.0 Å². The van der Waals surface area contributed by atoms with Gasteiger partial charge in [0.2, 0.25) is 0 Å². The van der Waals surface area contributed by atoms with Crippen molar-refractivity contribution in [1.82, 2.24) is 0 Å². The van der Waals surface area contributed by atoms with Gasteiger partial charge in [-0.05, 0) is 37.7 Å². The van der Waals surface area contributed by atoms with Gasteiger partial charge in [-0.15, -0.1) is 0 Å². The van der Waals surface area contributed by atoms with Crippen LogP contribution in [0.25, 0.3) is 0 Å². The number of allylic oxidation sites excluding steroid dienone is 1. The van der Waals surface area contributed by atoms with Crippen LogP contribution in [-0.4, -0.2) is 22.3 Å². The van der Waals surface area contributed by atoms with Gasteiger partial charge in [0.15, 0.2) is 0 Å². The summed E-state index contributed by atoms with van der Waals surface area (Å²) >= 11 is 0. The van der Waals surface area contributed by atoms with Crippen LogP contribution in [0.1, 0.15) is 33.6 Å². The Kier molecular flexibility index (Phi) is 4.17. The van der Waals surface area contributed by atoms with E-state index in [-0.39, 0.29) is 5.41 Å². The minimum Gasteiger partial charge on any atom is -0.501 e. The highest BCUT2D eigenvalue weighted by Gasteiger charge is 2.32. The number of rotatable bonds is 4. The summed E-state index contributed by atoms with van der Waals surface area (Å²) in [6.07, 6.45) is 3.90. The van der Waals surface area contributed by atoms with Gasteiger partial charge in [-0.25, -0.2) is 0 Å². The average Bonchev–Trinajstić information content (AvgIpc) is 2.41. The molecule has 1 aliphatic rings. The Morgan fingerprint density at radius 1 is 1.57 bits per heavy atom. The van der Waals surface area contributed by atoms with Crippen molar-refractivity contribution in [3.8, 4) is 0 Å². The molecular formula is C11H20O2S. The van der Waals surface area contributed by atoms with Gasteiger partial charge in [-0.3, -0.25) is 4.21 Å². The molecule has 1 fully saturated rings. The Morgan fingerprint density at radius 2 is 2.29 bits per heavy atom. The van der Waals surface area contributed by atoms with Crippen LogP contribution in [-0.2, 0) is 15.5 Å². The number of hydrogen-bond donors (Lipinski definition) is 0. The Bertz CT molecular complexity index is 244. The standard InChI is InChI=1S/C11H20O2S/c1-10(2)8-13-6-4-11(3)5-7-14(12)9-11/h8H,4-7,9H2,1-3H3. The first-order valence-corrected chi connectivity index (χ1v) is 6.61. The van der Waals surface area contributed by atoms with Gasteiger partial charge in [0.1, 0.15) is 0 Å². The summed E-state index contributed by atoms with van der Waals surface area (Å²) in [5.74, 6) is 1.73. The van der Waals surface area contributed by atoms with Gasteiger partial charge >= 0.3 is 0 Å². The molecule has 0 radical (unpaired) electrons. The molecule has 0 aromatic carbocycles. The van der Waals surface area contributed by atoms with Crippen LogP contribution in [0, 0.1) is 5.41 Å². The molecule has 2 nitrogen and oxygen atoms in total. The van der Waals surface area contributed by atoms with Crippen LogP contribution in [0.2, 0.25) is 0 Å². The minimum absolute atomic E-state index is 0.250. The zero-order valence-electron chi connectivity index (χ0n) is 9.34. The maximum Gasteiger partial charge on any atom is 0.0878 e. The van der Waals surface area contributed by atoms with Crippen molar-refractivity contribution in [3.05, 3.63) is 11.8 Å². The molecular weight excluding hydrogens is 196 g/mol. The van der Waals surface area contributed by atoms with E-state index in [1.165, 1.54) is 5.57 Å². The van der Waals surface area contributed by atoms with Gasteiger partial charge in [0.05, 0.1) is 12.9 Å². The van der Waals surface area contributed by atoms with Gasteiger partial charge < -0.3 is 4.74 Å². The SMILES string of the molecule is CC(C)=COCCC1(C)CCS(=O)C1. The van der Waals surface area contributed by atoms with E-state index in [0.29, 0.717) is 0 Å². The molecule has 0 aromatic heterocycles. The predicted octanol–water partition coefficient (Wildman–Crippen LogP) is 2.48. The molecule has 0 spiro atoms. The summed E-state index contributed by atoms with van der Waals surface area (Å²) in [6.45, 7) is 7.00. The van der Waals surface area contributed by atoms with Crippen LogP contribution < -0.4 is 0 Å². The van der Waals surface area contributed by atoms with E-state index in [4.69, 9.17) is 4.74 Å². The van der Waals surface area contributed by atoms with Crippen molar-refractivity contribution in [2.24, 2.45) is 5.41 Å². The van der Waals surface area contributed by atoms with E-state index >= 15 is 0 Å². The Labute approximate surface area is 89.2 Å². The molecule has 0 aromatic rings. The monoisotopic (exact) mass is 216 g/mol. The van der Waals surface area contributed by atoms with E-state index in [9.17, 15) is 4.21 Å². The second-order valence-electron chi connectivity index (χ2n) is 4.66. The summed E-state index contributed by atoms with van der Waals surface area (Å²) in [5, 5.41) is 0. The summed E-state index contributed by atoms with van der Waals surface area (Å²) in [4.78, 5) is 0. The first kappa shape index (κ1) is 11.8. The molecule has 0 N–H and O–H groups in total. The molecule has 2 unspecified atom stereocenters. The summed E-state index contributed by atoms with van der Waals surface area (Å²) in [5.41, 5.74) is 1.44. The molecule has 1 saturated heterocycles. The molecule has 1 rings (SSSR count). The molecule has 3 heteroatoms. The molecule has 82 valence electrons. The zero-order valence-corrected chi connectivity index (χ0v) is 10.2. The lowest BCUT2D eigenvalue weighted by Gasteiger charge is -2.21. The normalized spacial score (nSPS) is 31.5. The first-order valence-electron chi connectivity index (χ1n) is 5.12. The summed E-state index contributed by atoms with van der Waals surface area (Å²) in [6, 6.07) is 0. The largest absolute Gasteiger partial charge is 0.501 e. The van der Waals surface area contributed by atoms with Crippen LogP contribution in [0.4, 0.5) is 0 Å². The lowest BCUT2D eigenvalue weighted by atomic mass is 9.87. The number of ether oxygens (including phenoxy) is 1. The molecule has 2 atom stereocenters. The Balaban J connectivity index is 2.24. The van der Waals surface area contributed by atoms with Crippen molar-refractivity contribution in [3.63, 3.8) is 0 Å². The molecule has 1 heterocycles. The third kappa shape index (κ3) is 3.82. The van der Waals surface area contributed by atoms with E-state index < -0.39 is 10.8 Å². The van der Waals surface area contributed by atoms with Crippen LogP contribution in [0.15, 0.2) is 11.8 Å². The maximum absolute atomic E-state index is 11.3. The third-order valence-corrected chi connectivity index (χ3v) is 4.26.